The van der Waals surface area contributed by atoms with Crippen LogP contribution < -0.4 is 9.46 Å². The van der Waals surface area contributed by atoms with Crippen LogP contribution in [0.15, 0.2) is 42.3 Å². The highest BCUT2D eigenvalue weighted by molar-refractivity contribution is 7.93. The number of hydrogen-bond acceptors (Lipinski definition) is 6. The molecule has 0 spiro atoms. The van der Waals surface area contributed by atoms with Crippen LogP contribution in [-0.2, 0) is 14.8 Å². The number of ether oxygens (including phenoxy) is 1. The number of anilines is 1. The normalized spacial score (nSPS) is 12.4. The maximum absolute atomic E-state index is 12.6. The van der Waals surface area contributed by atoms with Crippen molar-refractivity contribution < 1.29 is 17.9 Å². The standard InChI is InChI=1S/C16H17ClN2O4S2/c1-3-7-15(20)23-14-10-24-16(18-14)19-25(21,22)13(4-2)11-8-5-6-9-12(11)17/h4-6,8-10,13H,2-3,7H2,1H3,(H,18,19). The van der Waals surface area contributed by atoms with E-state index in [1.165, 1.54) is 11.5 Å². The predicted octanol–water partition coefficient (Wildman–Crippen LogP) is 4.17. The lowest BCUT2D eigenvalue weighted by molar-refractivity contribution is -0.134. The average molecular weight is 401 g/mol. The minimum atomic E-state index is -3.87. The van der Waals surface area contributed by atoms with E-state index < -0.39 is 21.2 Å². The van der Waals surface area contributed by atoms with Gasteiger partial charge in [-0.15, -0.1) is 17.9 Å². The highest BCUT2D eigenvalue weighted by atomic mass is 35.5. The highest BCUT2D eigenvalue weighted by Gasteiger charge is 2.27. The van der Waals surface area contributed by atoms with Crippen molar-refractivity contribution >= 4 is 44.1 Å². The molecule has 1 unspecified atom stereocenters. The van der Waals surface area contributed by atoms with Gasteiger partial charge in [-0.2, -0.15) is 4.98 Å². The number of halogens is 1. The molecule has 134 valence electrons. The number of hydrogen-bond donors (Lipinski definition) is 1. The van der Waals surface area contributed by atoms with E-state index in [0.717, 1.165) is 11.3 Å². The van der Waals surface area contributed by atoms with E-state index in [0.29, 0.717) is 17.0 Å². The smallest absolute Gasteiger partial charge is 0.312 e. The summed E-state index contributed by atoms with van der Waals surface area (Å²) in [6.45, 7) is 5.44. The predicted molar refractivity (Wildman–Crippen MR) is 99.6 cm³/mol. The van der Waals surface area contributed by atoms with Crippen LogP contribution in [0.25, 0.3) is 0 Å². The van der Waals surface area contributed by atoms with Crippen LogP contribution in [0.5, 0.6) is 5.88 Å². The molecule has 0 saturated heterocycles. The Balaban J connectivity index is 2.18. The molecule has 0 radical (unpaired) electrons. The second-order valence-corrected chi connectivity index (χ2v) is 8.11. The Morgan fingerprint density at radius 3 is 2.84 bits per heavy atom. The molecule has 9 heteroatoms. The molecule has 0 amide bonds. The van der Waals surface area contributed by atoms with Crippen LogP contribution in [0, 0.1) is 0 Å². The number of nitrogens with one attached hydrogen (secondary N) is 1. The number of nitrogens with zero attached hydrogens (tertiary/aromatic N) is 1. The molecule has 0 aliphatic heterocycles. The number of esters is 1. The first-order valence-electron chi connectivity index (χ1n) is 7.42. The van der Waals surface area contributed by atoms with E-state index in [2.05, 4.69) is 16.3 Å². The highest BCUT2D eigenvalue weighted by Crippen LogP contribution is 2.32. The second-order valence-electron chi connectivity index (χ2n) is 5.04. The van der Waals surface area contributed by atoms with Gasteiger partial charge in [0.05, 0.1) is 5.38 Å². The molecule has 0 fully saturated rings. The molecule has 0 aliphatic carbocycles. The SMILES string of the molecule is C=CC(c1ccccc1Cl)S(=O)(=O)Nc1nc(OC(=O)CCC)cs1. The largest absolute Gasteiger partial charge is 0.406 e. The Morgan fingerprint density at radius 1 is 1.48 bits per heavy atom. The van der Waals surface area contributed by atoms with Gasteiger partial charge >= 0.3 is 5.97 Å². The lowest BCUT2D eigenvalue weighted by Gasteiger charge is -2.15. The maximum atomic E-state index is 12.6. The van der Waals surface area contributed by atoms with Crippen molar-refractivity contribution in [3.05, 3.63) is 52.9 Å². The van der Waals surface area contributed by atoms with Crippen molar-refractivity contribution in [3.8, 4) is 5.88 Å². The van der Waals surface area contributed by atoms with Crippen LogP contribution in [0.2, 0.25) is 5.02 Å². The van der Waals surface area contributed by atoms with Gasteiger partial charge in [-0.3, -0.25) is 9.52 Å². The Hall–Kier alpha value is -1.90. The van der Waals surface area contributed by atoms with Crippen LogP contribution in [0.1, 0.15) is 30.6 Å². The number of thiazole rings is 1. The number of carbonyl (C=O) groups is 1. The summed E-state index contributed by atoms with van der Waals surface area (Å²) in [4.78, 5) is 15.4. The monoisotopic (exact) mass is 400 g/mol. The third kappa shape index (κ3) is 5.04. The summed E-state index contributed by atoms with van der Waals surface area (Å²) in [5.74, 6) is -0.351. The Labute approximate surface area is 155 Å². The van der Waals surface area contributed by atoms with Crippen LogP contribution >= 0.6 is 22.9 Å². The van der Waals surface area contributed by atoms with E-state index in [4.69, 9.17) is 16.3 Å². The van der Waals surface area contributed by atoms with E-state index in [1.807, 2.05) is 6.92 Å². The van der Waals surface area contributed by atoms with Gasteiger partial charge in [-0.1, -0.05) is 42.8 Å². The van der Waals surface area contributed by atoms with E-state index in [9.17, 15) is 13.2 Å². The van der Waals surface area contributed by atoms with Gasteiger partial charge in [-0.05, 0) is 18.1 Å². The third-order valence-corrected chi connectivity index (χ3v) is 5.95. The third-order valence-electron chi connectivity index (χ3n) is 3.15. The van der Waals surface area contributed by atoms with Crippen LogP contribution in [0.3, 0.4) is 0 Å². The van der Waals surface area contributed by atoms with Gasteiger partial charge in [0, 0.05) is 11.4 Å². The van der Waals surface area contributed by atoms with Crippen molar-refractivity contribution in [1.29, 1.82) is 0 Å². The van der Waals surface area contributed by atoms with Gasteiger partial charge in [0.2, 0.25) is 15.9 Å². The zero-order valence-corrected chi connectivity index (χ0v) is 15.8. The van der Waals surface area contributed by atoms with Gasteiger partial charge in [-0.25, -0.2) is 8.42 Å². The van der Waals surface area contributed by atoms with E-state index >= 15 is 0 Å². The molecule has 1 aromatic heterocycles. The Kier molecular flexibility index (Phi) is 6.57. The quantitative estimate of drug-likeness (QED) is 0.530. The molecule has 1 atom stereocenters. The summed E-state index contributed by atoms with van der Waals surface area (Å²) in [7, 11) is -3.87. The molecule has 1 heterocycles. The molecule has 25 heavy (non-hydrogen) atoms. The zero-order chi connectivity index (χ0) is 18.4. The Bertz CT molecular complexity index is 865. The van der Waals surface area contributed by atoms with Crippen molar-refractivity contribution in [2.45, 2.75) is 25.0 Å². The fourth-order valence-electron chi connectivity index (χ4n) is 2.04. The molecule has 0 bridgehead atoms. The van der Waals surface area contributed by atoms with E-state index in [1.54, 1.807) is 24.3 Å². The number of carbonyl (C=O) groups excluding carboxylic acids is 1. The van der Waals surface area contributed by atoms with Crippen molar-refractivity contribution in [1.82, 2.24) is 4.98 Å². The van der Waals surface area contributed by atoms with Crippen molar-refractivity contribution in [2.75, 3.05) is 4.72 Å². The molecule has 0 saturated carbocycles. The zero-order valence-electron chi connectivity index (χ0n) is 13.4. The van der Waals surface area contributed by atoms with Crippen LogP contribution in [0.4, 0.5) is 5.13 Å². The summed E-state index contributed by atoms with van der Waals surface area (Å²) in [6, 6.07) is 6.64. The molecule has 6 nitrogen and oxygen atoms in total. The molecule has 2 rings (SSSR count). The molecule has 1 N–H and O–H groups in total. The first kappa shape index (κ1) is 19.4. The first-order chi connectivity index (χ1) is 11.9. The molecular formula is C16H17ClN2O4S2. The lowest BCUT2D eigenvalue weighted by Crippen LogP contribution is -2.20. The van der Waals surface area contributed by atoms with Crippen LogP contribution in [-0.4, -0.2) is 19.4 Å². The Morgan fingerprint density at radius 2 is 2.20 bits per heavy atom. The second kappa shape index (κ2) is 8.46. The molecular weight excluding hydrogens is 384 g/mol. The average Bonchev–Trinajstić information content (AvgIpc) is 2.96. The van der Waals surface area contributed by atoms with Gasteiger partial charge in [0.15, 0.2) is 5.13 Å². The fourth-order valence-corrected chi connectivity index (χ4v) is 4.56. The lowest BCUT2D eigenvalue weighted by atomic mass is 10.1. The summed E-state index contributed by atoms with van der Waals surface area (Å²) >= 11 is 7.11. The summed E-state index contributed by atoms with van der Waals surface area (Å²) in [5, 5.41) is 0.838. The fraction of sp³-hybridized carbons (Fsp3) is 0.250. The van der Waals surface area contributed by atoms with E-state index in [-0.39, 0.29) is 17.4 Å². The van der Waals surface area contributed by atoms with Gasteiger partial charge in [0.25, 0.3) is 0 Å². The number of aromatic nitrogens is 1. The first-order valence-corrected chi connectivity index (χ1v) is 10.2. The van der Waals surface area contributed by atoms with Gasteiger partial charge < -0.3 is 4.74 Å². The topological polar surface area (TPSA) is 85.4 Å². The number of rotatable bonds is 8. The summed E-state index contributed by atoms with van der Waals surface area (Å²) < 4.78 is 32.7. The molecule has 0 aliphatic rings. The number of benzene rings is 1. The van der Waals surface area contributed by atoms with Crippen molar-refractivity contribution in [2.24, 2.45) is 0 Å². The minimum absolute atomic E-state index is 0.0639. The van der Waals surface area contributed by atoms with Gasteiger partial charge in [0.1, 0.15) is 5.25 Å². The minimum Gasteiger partial charge on any atom is -0.406 e. The van der Waals surface area contributed by atoms with Crippen molar-refractivity contribution in [3.63, 3.8) is 0 Å². The molecule has 2 aromatic rings. The summed E-state index contributed by atoms with van der Waals surface area (Å²) in [5.41, 5.74) is 0.415. The maximum Gasteiger partial charge on any atom is 0.312 e. The molecule has 1 aromatic carbocycles. The summed E-state index contributed by atoms with van der Waals surface area (Å²) in [6.07, 6.45) is 2.21. The number of sulfonamides is 1.